The number of piperazine rings is 1. The fourth-order valence-electron chi connectivity index (χ4n) is 7.04. The van der Waals surface area contributed by atoms with Gasteiger partial charge in [-0.3, -0.25) is 4.79 Å². The number of carbonyl (C=O) groups is 1. The van der Waals surface area contributed by atoms with Gasteiger partial charge in [-0.1, -0.05) is 35.9 Å². The molecule has 1 amide bonds. The molecule has 2 fully saturated rings. The van der Waals surface area contributed by atoms with Crippen molar-refractivity contribution in [1.82, 2.24) is 24.1 Å². The standard InChI is InChI=1S/C35H36ClFN8O2S/c1-42-15-4-7-25(42)22-47-35-40-30-21-43(31-9-3-6-23-5-2-8-28(36)32(23)31)16-12-27(30)33(41-35)44-17-18-45(24(20-44)10-13-38)34(46)29(37)19-26-11-14-39-48-26/h2-3,5-6,8-9,11,14,19,24-25H,4,7,10,12,15-18,20-22H2,1H3/t24-,25-/m0/s1. The minimum atomic E-state index is -0.865. The number of hydrogen-bond donors (Lipinski definition) is 0. The van der Waals surface area contributed by atoms with Crippen molar-refractivity contribution in [2.45, 2.75) is 44.3 Å². The number of aromatic nitrogens is 3. The average molecular weight is 687 g/mol. The van der Waals surface area contributed by atoms with Crippen LogP contribution in [0.15, 0.2) is 54.5 Å². The van der Waals surface area contributed by atoms with Crippen molar-refractivity contribution in [2.75, 3.05) is 56.2 Å². The van der Waals surface area contributed by atoms with Crippen molar-refractivity contribution in [2.24, 2.45) is 0 Å². The number of likely N-dealkylation sites (tertiary alicyclic amines) is 1. The first-order valence-electron chi connectivity index (χ1n) is 16.3. The van der Waals surface area contributed by atoms with E-state index in [1.165, 1.54) is 11.0 Å². The zero-order valence-corrected chi connectivity index (χ0v) is 28.3. The van der Waals surface area contributed by atoms with Crippen LogP contribution in [-0.2, 0) is 17.8 Å². The summed E-state index contributed by atoms with van der Waals surface area (Å²) in [4.78, 5) is 31.9. The van der Waals surface area contributed by atoms with Crippen LogP contribution < -0.4 is 14.5 Å². The number of ether oxygens (including phenoxy) is 1. The largest absolute Gasteiger partial charge is 0.462 e. The Kier molecular flexibility index (Phi) is 9.43. The molecule has 4 aromatic rings. The molecule has 48 heavy (non-hydrogen) atoms. The Labute approximate surface area is 288 Å². The summed E-state index contributed by atoms with van der Waals surface area (Å²) in [5, 5.41) is 12.5. The van der Waals surface area contributed by atoms with Crippen molar-refractivity contribution >= 4 is 57.4 Å². The number of benzene rings is 2. The zero-order valence-electron chi connectivity index (χ0n) is 26.7. The molecule has 3 aliphatic heterocycles. The topological polar surface area (TPSA) is 102 Å². The highest BCUT2D eigenvalue weighted by atomic mass is 35.5. The van der Waals surface area contributed by atoms with E-state index in [-0.39, 0.29) is 13.0 Å². The molecular weight excluding hydrogens is 651 g/mol. The van der Waals surface area contributed by atoms with Crippen molar-refractivity contribution in [3.05, 3.63) is 75.6 Å². The maximum Gasteiger partial charge on any atom is 0.318 e. The van der Waals surface area contributed by atoms with Crippen LogP contribution in [0.3, 0.4) is 0 Å². The summed E-state index contributed by atoms with van der Waals surface area (Å²) < 4.78 is 25.4. The number of fused-ring (bicyclic) bond motifs is 2. The molecule has 3 aliphatic rings. The lowest BCUT2D eigenvalue weighted by Gasteiger charge is -2.42. The number of nitriles is 1. The van der Waals surface area contributed by atoms with Crippen LogP contribution in [0.1, 0.15) is 35.4 Å². The maximum atomic E-state index is 15.1. The zero-order chi connectivity index (χ0) is 33.2. The summed E-state index contributed by atoms with van der Waals surface area (Å²) in [5.41, 5.74) is 2.95. The van der Waals surface area contributed by atoms with E-state index in [0.29, 0.717) is 54.6 Å². The lowest BCUT2D eigenvalue weighted by atomic mass is 10.0. The van der Waals surface area contributed by atoms with Crippen LogP contribution >= 0.6 is 23.1 Å². The van der Waals surface area contributed by atoms with Gasteiger partial charge in [0.2, 0.25) is 0 Å². The van der Waals surface area contributed by atoms with Crippen molar-refractivity contribution in [3.8, 4) is 12.1 Å². The summed E-state index contributed by atoms with van der Waals surface area (Å²) in [6.07, 6.45) is 5.71. The molecule has 0 unspecified atom stereocenters. The van der Waals surface area contributed by atoms with E-state index in [1.54, 1.807) is 12.3 Å². The Bertz CT molecular complexity index is 1880. The first-order valence-corrected chi connectivity index (χ1v) is 17.4. The minimum absolute atomic E-state index is 0.0658. The second kappa shape index (κ2) is 14.0. The Morgan fingerprint density at radius 1 is 1.12 bits per heavy atom. The van der Waals surface area contributed by atoms with Gasteiger partial charge in [-0.05, 0) is 74.0 Å². The van der Waals surface area contributed by atoms with E-state index >= 15 is 4.39 Å². The predicted molar refractivity (Wildman–Crippen MR) is 186 cm³/mol. The highest BCUT2D eigenvalue weighted by Gasteiger charge is 2.35. The number of likely N-dealkylation sites (N-methyl/N-ethyl adjacent to an activating group) is 1. The predicted octanol–water partition coefficient (Wildman–Crippen LogP) is 5.72. The third kappa shape index (κ3) is 6.55. The molecule has 248 valence electrons. The summed E-state index contributed by atoms with van der Waals surface area (Å²) >= 11 is 7.83. The monoisotopic (exact) mass is 686 g/mol. The quantitative estimate of drug-likeness (QED) is 0.216. The normalized spacial score (nSPS) is 20.2. The Morgan fingerprint density at radius 3 is 2.75 bits per heavy atom. The van der Waals surface area contributed by atoms with Crippen molar-refractivity contribution in [1.29, 1.82) is 5.26 Å². The molecule has 13 heteroatoms. The SMILES string of the molecule is CN1CCC[C@H]1COc1nc2c(c(N3CCN(C(=O)C(F)=Cc4ccns4)[C@@H](CC#N)C3)n1)CCN(c1cccc3cccc(Cl)c13)C2. The fourth-order valence-corrected chi connectivity index (χ4v) is 7.84. The molecule has 0 aliphatic carbocycles. The molecule has 2 aromatic carbocycles. The average Bonchev–Trinajstić information content (AvgIpc) is 3.77. The lowest BCUT2D eigenvalue weighted by molar-refractivity contribution is -0.131. The van der Waals surface area contributed by atoms with Gasteiger partial charge >= 0.3 is 6.01 Å². The van der Waals surface area contributed by atoms with Gasteiger partial charge in [-0.2, -0.15) is 15.2 Å². The Hall–Kier alpha value is -4.31. The molecule has 0 N–H and O–H groups in total. The van der Waals surface area contributed by atoms with E-state index in [2.05, 4.69) is 50.4 Å². The van der Waals surface area contributed by atoms with Gasteiger partial charge in [0.05, 0.1) is 40.7 Å². The molecule has 10 nitrogen and oxygen atoms in total. The van der Waals surface area contributed by atoms with Crippen LogP contribution in [0, 0.1) is 11.3 Å². The molecule has 2 aromatic heterocycles. The molecule has 0 spiro atoms. The fraction of sp³-hybridized carbons (Fsp3) is 0.400. The summed E-state index contributed by atoms with van der Waals surface area (Å²) in [6.45, 7) is 3.81. The third-order valence-corrected chi connectivity index (χ3v) is 10.6. The number of hydrogen-bond acceptors (Lipinski definition) is 10. The second-order valence-corrected chi connectivity index (χ2v) is 13.8. The van der Waals surface area contributed by atoms with Gasteiger partial charge in [0, 0.05) is 55.1 Å². The molecular formula is C35H36ClFN8O2S. The highest BCUT2D eigenvalue weighted by Crippen LogP contribution is 2.37. The van der Waals surface area contributed by atoms with Gasteiger partial charge in [0.25, 0.3) is 5.91 Å². The van der Waals surface area contributed by atoms with E-state index in [4.69, 9.17) is 26.3 Å². The Morgan fingerprint density at radius 2 is 1.98 bits per heavy atom. The molecule has 2 saturated heterocycles. The molecule has 0 saturated carbocycles. The highest BCUT2D eigenvalue weighted by molar-refractivity contribution is 7.06. The Balaban J connectivity index is 1.19. The number of amides is 1. The number of anilines is 2. The van der Waals surface area contributed by atoms with Gasteiger partial charge in [0.15, 0.2) is 5.83 Å². The number of nitrogens with zero attached hydrogens (tertiary/aromatic N) is 8. The van der Waals surface area contributed by atoms with E-state index in [0.717, 1.165) is 71.0 Å². The molecule has 7 rings (SSSR count). The van der Waals surface area contributed by atoms with Gasteiger partial charge in [-0.25, -0.2) is 8.76 Å². The van der Waals surface area contributed by atoms with Crippen molar-refractivity contribution < 1.29 is 13.9 Å². The smallest absolute Gasteiger partial charge is 0.318 e. The maximum absolute atomic E-state index is 15.1. The molecule has 0 bridgehead atoms. The van der Waals surface area contributed by atoms with E-state index < -0.39 is 17.8 Å². The first-order chi connectivity index (χ1) is 23.4. The van der Waals surface area contributed by atoms with Gasteiger partial charge < -0.3 is 24.3 Å². The van der Waals surface area contributed by atoms with Crippen LogP contribution in [0.5, 0.6) is 6.01 Å². The molecule has 2 atom stereocenters. The number of rotatable bonds is 8. The molecule has 5 heterocycles. The van der Waals surface area contributed by atoms with E-state index in [9.17, 15) is 10.1 Å². The van der Waals surface area contributed by atoms with Gasteiger partial charge in [-0.15, -0.1) is 0 Å². The number of carbonyl (C=O) groups excluding carboxylic acids is 1. The first kappa shape index (κ1) is 32.2. The van der Waals surface area contributed by atoms with Crippen LogP contribution in [0.2, 0.25) is 5.02 Å². The van der Waals surface area contributed by atoms with Crippen LogP contribution in [0.4, 0.5) is 15.9 Å². The molecule has 0 radical (unpaired) electrons. The third-order valence-electron chi connectivity index (χ3n) is 9.57. The van der Waals surface area contributed by atoms with Crippen LogP contribution in [-0.4, -0.2) is 88.5 Å². The summed E-state index contributed by atoms with van der Waals surface area (Å²) in [6, 6.07) is 16.1. The van der Waals surface area contributed by atoms with Crippen LogP contribution in [0.25, 0.3) is 16.8 Å². The second-order valence-electron chi connectivity index (χ2n) is 12.5. The van der Waals surface area contributed by atoms with Crippen molar-refractivity contribution in [3.63, 3.8) is 0 Å². The summed E-state index contributed by atoms with van der Waals surface area (Å²) in [5.74, 6) is -0.834. The lowest BCUT2D eigenvalue weighted by Crippen LogP contribution is -2.56. The summed E-state index contributed by atoms with van der Waals surface area (Å²) in [7, 11) is 2.11. The van der Waals surface area contributed by atoms with Gasteiger partial charge in [0.1, 0.15) is 12.4 Å². The number of halogens is 2. The minimum Gasteiger partial charge on any atom is -0.462 e. The van der Waals surface area contributed by atoms with E-state index in [1.807, 2.05) is 18.2 Å².